The monoisotopic (exact) mass is 206 g/mol. The van der Waals surface area contributed by atoms with Crippen molar-refractivity contribution in [1.82, 2.24) is 10.0 Å². The van der Waals surface area contributed by atoms with Gasteiger partial charge in [0, 0.05) is 12.6 Å². The second kappa shape index (κ2) is 4.39. The van der Waals surface area contributed by atoms with E-state index >= 15 is 0 Å². The lowest BCUT2D eigenvalue weighted by Crippen LogP contribution is -2.38. The van der Waals surface area contributed by atoms with Gasteiger partial charge in [0.05, 0.1) is 5.75 Å². The number of sulfonamides is 1. The van der Waals surface area contributed by atoms with Crippen LogP contribution in [0.25, 0.3) is 0 Å². The third kappa shape index (κ3) is 4.06. The van der Waals surface area contributed by atoms with Crippen LogP contribution in [-0.2, 0) is 10.0 Å². The molecule has 13 heavy (non-hydrogen) atoms. The Balaban J connectivity index is 2.41. The molecule has 1 heterocycles. The van der Waals surface area contributed by atoms with Gasteiger partial charge in [0.2, 0.25) is 10.0 Å². The fourth-order valence-corrected chi connectivity index (χ4v) is 3.18. The average Bonchev–Trinajstić information content (AvgIpc) is 2.34. The van der Waals surface area contributed by atoms with E-state index in [-0.39, 0.29) is 17.7 Å². The van der Waals surface area contributed by atoms with Gasteiger partial charge < -0.3 is 5.32 Å². The van der Waals surface area contributed by atoms with E-state index in [9.17, 15) is 8.42 Å². The number of nitrogens with one attached hydrogen (secondary N) is 2. The van der Waals surface area contributed by atoms with E-state index in [0.29, 0.717) is 0 Å². The van der Waals surface area contributed by atoms with Gasteiger partial charge in [-0.05, 0) is 18.9 Å². The third-order valence-electron chi connectivity index (χ3n) is 1.96. The fourth-order valence-electron chi connectivity index (χ4n) is 1.50. The maximum atomic E-state index is 11.5. The van der Waals surface area contributed by atoms with Crippen molar-refractivity contribution in [2.75, 3.05) is 18.8 Å². The highest BCUT2D eigenvalue weighted by Gasteiger charge is 2.21. The average molecular weight is 206 g/mol. The van der Waals surface area contributed by atoms with Gasteiger partial charge in [0.15, 0.2) is 0 Å². The zero-order valence-corrected chi connectivity index (χ0v) is 9.02. The van der Waals surface area contributed by atoms with E-state index in [1.807, 2.05) is 13.8 Å². The molecule has 0 bridgehead atoms. The van der Waals surface area contributed by atoms with Crippen LogP contribution >= 0.6 is 0 Å². The molecule has 0 saturated carbocycles. The van der Waals surface area contributed by atoms with E-state index in [1.165, 1.54) is 0 Å². The van der Waals surface area contributed by atoms with Crippen LogP contribution in [0.2, 0.25) is 0 Å². The first kappa shape index (κ1) is 10.9. The first-order valence-electron chi connectivity index (χ1n) is 4.70. The molecule has 0 radical (unpaired) electrons. The Morgan fingerprint density at radius 1 is 1.54 bits per heavy atom. The van der Waals surface area contributed by atoms with Crippen LogP contribution < -0.4 is 10.0 Å². The summed E-state index contributed by atoms with van der Waals surface area (Å²) in [4.78, 5) is 0. The van der Waals surface area contributed by atoms with Crippen molar-refractivity contribution in [3.63, 3.8) is 0 Å². The second-order valence-corrected chi connectivity index (χ2v) is 5.78. The van der Waals surface area contributed by atoms with Gasteiger partial charge in [0.1, 0.15) is 0 Å². The van der Waals surface area contributed by atoms with Gasteiger partial charge in [-0.2, -0.15) is 0 Å². The zero-order chi connectivity index (χ0) is 9.90. The SMILES string of the molecule is CC(C)CS(=O)(=O)N[C@@H]1CCNC1. The summed E-state index contributed by atoms with van der Waals surface area (Å²) >= 11 is 0. The first-order valence-corrected chi connectivity index (χ1v) is 6.35. The molecule has 0 aliphatic carbocycles. The highest BCUT2D eigenvalue weighted by Crippen LogP contribution is 2.03. The van der Waals surface area contributed by atoms with Crippen molar-refractivity contribution in [3.8, 4) is 0 Å². The maximum Gasteiger partial charge on any atom is 0.212 e. The van der Waals surface area contributed by atoms with Crippen molar-refractivity contribution in [2.45, 2.75) is 26.3 Å². The van der Waals surface area contributed by atoms with Crippen molar-refractivity contribution in [1.29, 1.82) is 0 Å². The van der Waals surface area contributed by atoms with Crippen LogP contribution in [0.1, 0.15) is 20.3 Å². The van der Waals surface area contributed by atoms with Gasteiger partial charge in [-0.3, -0.25) is 0 Å². The van der Waals surface area contributed by atoms with Crippen LogP contribution in [0, 0.1) is 5.92 Å². The highest BCUT2D eigenvalue weighted by molar-refractivity contribution is 7.89. The zero-order valence-electron chi connectivity index (χ0n) is 8.21. The fraction of sp³-hybridized carbons (Fsp3) is 1.00. The third-order valence-corrected chi connectivity index (χ3v) is 3.76. The predicted molar refractivity (Wildman–Crippen MR) is 53.0 cm³/mol. The quantitative estimate of drug-likeness (QED) is 0.676. The minimum absolute atomic E-state index is 0.101. The molecule has 0 aromatic carbocycles. The summed E-state index contributed by atoms with van der Waals surface area (Å²) in [6.45, 7) is 5.49. The molecule has 1 saturated heterocycles. The molecular formula is C8H18N2O2S. The van der Waals surface area contributed by atoms with Crippen molar-refractivity contribution in [3.05, 3.63) is 0 Å². The lowest BCUT2D eigenvalue weighted by atomic mass is 10.3. The van der Waals surface area contributed by atoms with Gasteiger partial charge >= 0.3 is 0 Å². The van der Waals surface area contributed by atoms with E-state index in [2.05, 4.69) is 10.0 Å². The smallest absolute Gasteiger partial charge is 0.212 e. The largest absolute Gasteiger partial charge is 0.315 e. The normalized spacial score (nSPS) is 24.1. The van der Waals surface area contributed by atoms with Crippen LogP contribution in [0.5, 0.6) is 0 Å². The summed E-state index contributed by atoms with van der Waals surface area (Å²) in [5, 5.41) is 3.12. The molecular weight excluding hydrogens is 188 g/mol. The van der Waals surface area contributed by atoms with E-state index in [0.717, 1.165) is 19.5 Å². The Hall–Kier alpha value is -0.130. The molecule has 5 heteroatoms. The summed E-state index contributed by atoms with van der Waals surface area (Å²) in [6, 6.07) is 0.101. The van der Waals surface area contributed by atoms with E-state index in [4.69, 9.17) is 0 Å². The van der Waals surface area contributed by atoms with E-state index in [1.54, 1.807) is 0 Å². The molecule has 1 atom stereocenters. The summed E-state index contributed by atoms with van der Waals surface area (Å²) in [5.41, 5.74) is 0. The predicted octanol–water partition coefficient (Wildman–Crippen LogP) is -0.0763. The Bertz CT molecular complexity index is 243. The Morgan fingerprint density at radius 2 is 2.23 bits per heavy atom. The lowest BCUT2D eigenvalue weighted by Gasteiger charge is -2.13. The summed E-state index contributed by atoms with van der Waals surface area (Å²) in [7, 11) is -3.05. The number of rotatable bonds is 4. The maximum absolute atomic E-state index is 11.5. The molecule has 0 spiro atoms. The minimum atomic E-state index is -3.05. The van der Waals surface area contributed by atoms with Gasteiger partial charge in [-0.1, -0.05) is 13.8 Å². The topological polar surface area (TPSA) is 58.2 Å². The number of hydrogen-bond acceptors (Lipinski definition) is 3. The molecule has 0 aromatic rings. The van der Waals surface area contributed by atoms with Crippen molar-refractivity contribution < 1.29 is 8.42 Å². The summed E-state index contributed by atoms with van der Waals surface area (Å²) < 4.78 is 25.6. The molecule has 1 fully saturated rings. The number of hydrogen-bond donors (Lipinski definition) is 2. The lowest BCUT2D eigenvalue weighted by molar-refractivity contribution is 0.549. The first-order chi connectivity index (χ1) is 5.99. The Morgan fingerprint density at radius 3 is 2.69 bits per heavy atom. The van der Waals surface area contributed by atoms with E-state index < -0.39 is 10.0 Å². The van der Waals surface area contributed by atoms with Gasteiger partial charge in [0.25, 0.3) is 0 Å². The molecule has 2 N–H and O–H groups in total. The summed E-state index contributed by atoms with van der Waals surface area (Å²) in [6.07, 6.45) is 0.900. The van der Waals surface area contributed by atoms with Crippen molar-refractivity contribution in [2.24, 2.45) is 5.92 Å². The summed E-state index contributed by atoms with van der Waals surface area (Å²) in [5.74, 6) is 0.413. The van der Waals surface area contributed by atoms with Crippen LogP contribution in [0.15, 0.2) is 0 Å². The van der Waals surface area contributed by atoms with Crippen molar-refractivity contribution >= 4 is 10.0 Å². The Labute approximate surface area is 80.1 Å². The molecule has 0 unspecified atom stereocenters. The molecule has 1 aliphatic heterocycles. The van der Waals surface area contributed by atoms with Gasteiger partial charge in [-0.15, -0.1) is 0 Å². The molecule has 1 aliphatic rings. The molecule has 0 aromatic heterocycles. The molecule has 78 valence electrons. The molecule has 0 amide bonds. The standard InChI is InChI=1S/C8H18N2O2S/c1-7(2)6-13(11,12)10-8-3-4-9-5-8/h7-10H,3-6H2,1-2H3/t8-/m1/s1. The Kier molecular flexibility index (Phi) is 3.70. The molecule has 4 nitrogen and oxygen atoms in total. The van der Waals surface area contributed by atoms with Gasteiger partial charge in [-0.25, -0.2) is 13.1 Å². The van der Waals surface area contributed by atoms with Crippen LogP contribution in [0.3, 0.4) is 0 Å². The second-order valence-electron chi connectivity index (χ2n) is 3.98. The highest BCUT2D eigenvalue weighted by atomic mass is 32.2. The van der Waals surface area contributed by atoms with Crippen LogP contribution in [0.4, 0.5) is 0 Å². The molecule has 1 rings (SSSR count). The minimum Gasteiger partial charge on any atom is -0.315 e. The van der Waals surface area contributed by atoms with Crippen LogP contribution in [-0.4, -0.2) is 33.3 Å².